The number of nitrogen functional groups attached to an aromatic ring is 1. The predicted octanol–water partition coefficient (Wildman–Crippen LogP) is 2.40. The number of nitrogens with two attached hydrogens (primary N) is 1. The van der Waals surface area contributed by atoms with Crippen LogP contribution in [-0.4, -0.2) is 30.7 Å². The second-order valence-corrected chi connectivity index (χ2v) is 4.45. The SMILES string of the molecule is COc1cc(-c2cn[nH]c2N)c(OC)cc1SC. The van der Waals surface area contributed by atoms with E-state index in [1.165, 1.54) is 0 Å². The van der Waals surface area contributed by atoms with Gasteiger partial charge in [-0.05, 0) is 18.4 Å². The third-order valence-corrected chi connectivity index (χ3v) is 3.42. The Morgan fingerprint density at radius 1 is 1.17 bits per heavy atom. The monoisotopic (exact) mass is 265 g/mol. The van der Waals surface area contributed by atoms with E-state index in [9.17, 15) is 0 Å². The molecule has 3 N–H and O–H groups in total. The van der Waals surface area contributed by atoms with Crippen molar-refractivity contribution in [3.05, 3.63) is 18.3 Å². The van der Waals surface area contributed by atoms with E-state index in [2.05, 4.69) is 10.2 Å². The van der Waals surface area contributed by atoms with Gasteiger partial charge in [-0.25, -0.2) is 0 Å². The third-order valence-electron chi connectivity index (χ3n) is 2.66. The van der Waals surface area contributed by atoms with Gasteiger partial charge < -0.3 is 15.2 Å². The molecule has 2 rings (SSSR count). The van der Waals surface area contributed by atoms with Crippen molar-refractivity contribution in [2.24, 2.45) is 0 Å². The minimum absolute atomic E-state index is 0.507. The van der Waals surface area contributed by atoms with Crippen molar-refractivity contribution in [1.82, 2.24) is 10.2 Å². The molecule has 0 bridgehead atoms. The molecule has 6 heteroatoms. The van der Waals surface area contributed by atoms with Crippen LogP contribution in [0.15, 0.2) is 23.2 Å². The second-order valence-electron chi connectivity index (χ2n) is 3.60. The topological polar surface area (TPSA) is 73.2 Å². The van der Waals surface area contributed by atoms with E-state index in [4.69, 9.17) is 15.2 Å². The Morgan fingerprint density at radius 3 is 2.39 bits per heavy atom. The molecule has 0 unspecified atom stereocenters. The van der Waals surface area contributed by atoms with Crippen molar-refractivity contribution in [2.45, 2.75) is 4.90 Å². The zero-order chi connectivity index (χ0) is 13.1. The molecular weight excluding hydrogens is 250 g/mol. The molecular formula is C12H15N3O2S. The van der Waals surface area contributed by atoms with Crippen molar-refractivity contribution < 1.29 is 9.47 Å². The lowest BCUT2D eigenvalue weighted by atomic mass is 10.1. The summed E-state index contributed by atoms with van der Waals surface area (Å²) < 4.78 is 10.8. The molecule has 18 heavy (non-hydrogen) atoms. The van der Waals surface area contributed by atoms with Crippen LogP contribution in [0, 0.1) is 0 Å². The zero-order valence-corrected chi connectivity index (χ0v) is 11.3. The molecule has 1 aromatic heterocycles. The average Bonchev–Trinajstić information content (AvgIpc) is 2.83. The van der Waals surface area contributed by atoms with Crippen LogP contribution in [0.5, 0.6) is 11.5 Å². The first-order chi connectivity index (χ1) is 8.71. The molecule has 96 valence electrons. The van der Waals surface area contributed by atoms with E-state index < -0.39 is 0 Å². The van der Waals surface area contributed by atoms with Gasteiger partial charge in [0.05, 0.1) is 25.3 Å². The summed E-state index contributed by atoms with van der Waals surface area (Å²) in [4.78, 5) is 1.01. The van der Waals surface area contributed by atoms with Crippen molar-refractivity contribution >= 4 is 17.6 Å². The molecule has 2 aromatic rings. The molecule has 0 aliphatic carbocycles. The molecule has 0 amide bonds. The highest BCUT2D eigenvalue weighted by Gasteiger charge is 2.15. The highest BCUT2D eigenvalue weighted by Crippen LogP contribution is 2.40. The lowest BCUT2D eigenvalue weighted by Crippen LogP contribution is -1.94. The van der Waals surface area contributed by atoms with Gasteiger partial charge in [0.25, 0.3) is 0 Å². The third kappa shape index (κ3) is 2.11. The van der Waals surface area contributed by atoms with Crippen LogP contribution >= 0.6 is 11.8 Å². The van der Waals surface area contributed by atoms with Gasteiger partial charge in [0.1, 0.15) is 17.3 Å². The highest BCUT2D eigenvalue weighted by molar-refractivity contribution is 7.98. The molecule has 0 aliphatic heterocycles. The van der Waals surface area contributed by atoms with Crippen LogP contribution in [0.3, 0.4) is 0 Å². The number of methoxy groups -OCH3 is 2. The quantitative estimate of drug-likeness (QED) is 0.830. The maximum Gasteiger partial charge on any atom is 0.133 e. The first kappa shape index (κ1) is 12.6. The lowest BCUT2D eigenvalue weighted by Gasteiger charge is -2.13. The van der Waals surface area contributed by atoms with Crippen LogP contribution in [0.1, 0.15) is 0 Å². The molecule has 0 aliphatic rings. The summed E-state index contributed by atoms with van der Waals surface area (Å²) in [7, 11) is 3.27. The van der Waals surface area contributed by atoms with E-state index >= 15 is 0 Å². The maximum atomic E-state index is 5.84. The fourth-order valence-electron chi connectivity index (χ4n) is 1.75. The predicted molar refractivity (Wildman–Crippen MR) is 73.3 cm³/mol. The largest absolute Gasteiger partial charge is 0.496 e. The summed E-state index contributed by atoms with van der Waals surface area (Å²) in [5.74, 6) is 2.04. The molecule has 0 fully saturated rings. The second kappa shape index (κ2) is 5.22. The summed E-state index contributed by atoms with van der Waals surface area (Å²) in [5.41, 5.74) is 7.50. The van der Waals surface area contributed by atoms with Crippen molar-refractivity contribution in [3.8, 4) is 22.6 Å². The number of thioether (sulfide) groups is 1. The van der Waals surface area contributed by atoms with Crippen molar-refractivity contribution in [3.63, 3.8) is 0 Å². The summed E-state index contributed by atoms with van der Waals surface area (Å²) >= 11 is 1.60. The number of hydrogen-bond donors (Lipinski definition) is 2. The van der Waals surface area contributed by atoms with Gasteiger partial charge in [0, 0.05) is 11.1 Å². The Hall–Kier alpha value is -1.82. The van der Waals surface area contributed by atoms with Gasteiger partial charge in [-0.3, -0.25) is 5.10 Å². The van der Waals surface area contributed by atoms with Crippen molar-refractivity contribution in [2.75, 3.05) is 26.2 Å². The number of anilines is 1. The summed E-state index contributed by atoms with van der Waals surface area (Å²) in [6.45, 7) is 0. The van der Waals surface area contributed by atoms with E-state index in [-0.39, 0.29) is 0 Å². The number of aromatic nitrogens is 2. The average molecular weight is 265 g/mol. The van der Waals surface area contributed by atoms with Gasteiger partial charge in [-0.1, -0.05) is 0 Å². The first-order valence-electron chi connectivity index (χ1n) is 5.30. The molecule has 0 atom stereocenters. The number of hydrogen-bond acceptors (Lipinski definition) is 5. The van der Waals surface area contributed by atoms with Crippen molar-refractivity contribution in [1.29, 1.82) is 0 Å². The Morgan fingerprint density at radius 2 is 1.89 bits per heavy atom. The van der Waals surface area contributed by atoms with Gasteiger partial charge >= 0.3 is 0 Å². The number of H-pyrrole nitrogens is 1. The minimum Gasteiger partial charge on any atom is -0.496 e. The molecule has 1 heterocycles. The zero-order valence-electron chi connectivity index (χ0n) is 10.5. The normalized spacial score (nSPS) is 10.4. The van der Waals surface area contributed by atoms with Gasteiger partial charge in [0.15, 0.2) is 0 Å². The van der Waals surface area contributed by atoms with E-state index in [0.29, 0.717) is 5.82 Å². The molecule has 5 nitrogen and oxygen atoms in total. The fraction of sp³-hybridized carbons (Fsp3) is 0.250. The van der Waals surface area contributed by atoms with Gasteiger partial charge in [0.2, 0.25) is 0 Å². The van der Waals surface area contributed by atoms with Crippen LogP contribution in [0.2, 0.25) is 0 Å². The number of benzene rings is 1. The van der Waals surface area contributed by atoms with Crippen LogP contribution in [0.4, 0.5) is 5.82 Å². The standard InChI is InChI=1S/C12H15N3O2S/c1-16-9-5-11(18-3)10(17-2)4-7(9)8-6-14-15-12(8)13/h4-6H,1-3H3,(H3,13,14,15). The van der Waals surface area contributed by atoms with E-state index in [1.54, 1.807) is 32.2 Å². The van der Waals surface area contributed by atoms with E-state index in [0.717, 1.165) is 27.5 Å². The van der Waals surface area contributed by atoms with Gasteiger partial charge in [-0.2, -0.15) is 5.10 Å². The maximum absolute atomic E-state index is 5.84. The molecule has 0 saturated carbocycles. The Labute approximate surface area is 110 Å². The van der Waals surface area contributed by atoms with E-state index in [1.807, 2.05) is 18.4 Å². The summed E-state index contributed by atoms with van der Waals surface area (Å²) in [6.07, 6.45) is 3.66. The van der Waals surface area contributed by atoms with Crippen LogP contribution in [-0.2, 0) is 0 Å². The smallest absolute Gasteiger partial charge is 0.133 e. The van der Waals surface area contributed by atoms with Crippen LogP contribution in [0.25, 0.3) is 11.1 Å². The highest BCUT2D eigenvalue weighted by atomic mass is 32.2. The number of nitrogens with one attached hydrogen (secondary N) is 1. The molecule has 1 aromatic carbocycles. The molecule has 0 radical (unpaired) electrons. The lowest BCUT2D eigenvalue weighted by molar-refractivity contribution is 0.395. The minimum atomic E-state index is 0.507. The molecule has 0 spiro atoms. The first-order valence-corrected chi connectivity index (χ1v) is 6.53. The summed E-state index contributed by atoms with van der Waals surface area (Å²) in [5, 5.41) is 6.63. The fourth-order valence-corrected chi connectivity index (χ4v) is 2.32. The Bertz CT molecular complexity index is 554. The number of ether oxygens (including phenoxy) is 2. The van der Waals surface area contributed by atoms with Gasteiger partial charge in [-0.15, -0.1) is 11.8 Å². The molecule has 0 saturated heterocycles. The summed E-state index contributed by atoms with van der Waals surface area (Å²) in [6, 6.07) is 3.84. The number of nitrogens with zero attached hydrogens (tertiary/aromatic N) is 1. The Kier molecular flexibility index (Phi) is 3.66. The number of aromatic amines is 1. The van der Waals surface area contributed by atoms with Crippen LogP contribution < -0.4 is 15.2 Å². The Balaban J connectivity index is 2.62. The number of rotatable bonds is 4.